The largest absolute Gasteiger partial charge is 0.350 e. The molecular weight excluding hydrogens is 200 g/mol. The molecule has 3 nitrogen and oxygen atoms in total. The molecule has 0 aliphatic heterocycles. The highest BCUT2D eigenvalue weighted by molar-refractivity contribution is 5.78. The van der Waals surface area contributed by atoms with Crippen LogP contribution in [-0.2, 0) is 4.79 Å². The summed E-state index contributed by atoms with van der Waals surface area (Å²) in [5, 5.41) is 6.41. The van der Waals surface area contributed by atoms with Gasteiger partial charge in [0.05, 0.1) is 6.54 Å². The van der Waals surface area contributed by atoms with E-state index in [4.69, 9.17) is 0 Å². The van der Waals surface area contributed by atoms with E-state index in [-0.39, 0.29) is 11.4 Å². The molecule has 1 amide bonds. The lowest BCUT2D eigenvalue weighted by Gasteiger charge is -2.25. The third kappa shape index (κ3) is 4.12. The van der Waals surface area contributed by atoms with Crippen LogP contribution in [0.25, 0.3) is 0 Å². The fourth-order valence-corrected chi connectivity index (χ4v) is 2.18. The highest BCUT2D eigenvalue weighted by Crippen LogP contribution is 2.24. The minimum Gasteiger partial charge on any atom is -0.350 e. The molecule has 3 heteroatoms. The van der Waals surface area contributed by atoms with Gasteiger partial charge in [-0.05, 0) is 39.0 Å². The Labute approximate surface area is 99.4 Å². The molecule has 0 spiro atoms. The van der Waals surface area contributed by atoms with Gasteiger partial charge in [-0.25, -0.2) is 0 Å². The molecule has 0 bridgehead atoms. The van der Waals surface area contributed by atoms with Gasteiger partial charge in [0.2, 0.25) is 5.91 Å². The van der Waals surface area contributed by atoms with Gasteiger partial charge in [-0.1, -0.05) is 20.3 Å². The summed E-state index contributed by atoms with van der Waals surface area (Å²) in [6.07, 6.45) is 4.75. The van der Waals surface area contributed by atoms with E-state index in [1.807, 2.05) is 0 Å². The third-order valence-electron chi connectivity index (χ3n) is 3.75. The van der Waals surface area contributed by atoms with Crippen molar-refractivity contribution in [1.29, 1.82) is 0 Å². The van der Waals surface area contributed by atoms with Crippen molar-refractivity contribution < 1.29 is 4.79 Å². The number of hydrogen-bond acceptors (Lipinski definition) is 2. The second kappa shape index (κ2) is 5.67. The molecule has 2 atom stereocenters. The van der Waals surface area contributed by atoms with Gasteiger partial charge in [-0.2, -0.15) is 0 Å². The van der Waals surface area contributed by atoms with Crippen molar-refractivity contribution in [2.75, 3.05) is 6.54 Å². The van der Waals surface area contributed by atoms with Crippen LogP contribution in [0.15, 0.2) is 0 Å². The Morgan fingerprint density at radius 3 is 2.56 bits per heavy atom. The summed E-state index contributed by atoms with van der Waals surface area (Å²) in [5.41, 5.74) is -0.0833. The molecule has 0 aromatic heterocycles. The molecule has 1 fully saturated rings. The summed E-state index contributed by atoms with van der Waals surface area (Å²) < 4.78 is 0. The average Bonchev–Trinajstić information content (AvgIpc) is 2.60. The minimum atomic E-state index is -0.0833. The Morgan fingerprint density at radius 2 is 2.06 bits per heavy atom. The fraction of sp³-hybridized carbons (Fsp3) is 0.923. The molecule has 1 saturated carbocycles. The first-order chi connectivity index (χ1) is 7.44. The topological polar surface area (TPSA) is 41.1 Å². The number of amides is 1. The molecule has 0 aromatic carbocycles. The van der Waals surface area contributed by atoms with E-state index in [1.165, 1.54) is 19.3 Å². The van der Waals surface area contributed by atoms with Crippen LogP contribution < -0.4 is 10.6 Å². The Bertz CT molecular complexity index is 238. The zero-order chi connectivity index (χ0) is 12.2. The van der Waals surface area contributed by atoms with E-state index in [0.29, 0.717) is 18.5 Å². The molecule has 2 N–H and O–H groups in total. The van der Waals surface area contributed by atoms with E-state index >= 15 is 0 Å². The SMILES string of the molecule is CCC(C)(C)NC(=O)CNC1CCCC1C. The molecule has 1 aliphatic carbocycles. The predicted octanol–water partition coefficient (Wildman–Crippen LogP) is 2.07. The van der Waals surface area contributed by atoms with Crippen LogP contribution in [0.1, 0.15) is 53.4 Å². The maximum absolute atomic E-state index is 11.7. The lowest BCUT2D eigenvalue weighted by molar-refractivity contribution is -0.122. The number of carbonyl (C=O) groups excluding carboxylic acids is 1. The van der Waals surface area contributed by atoms with Crippen molar-refractivity contribution in [1.82, 2.24) is 10.6 Å². The molecular formula is C13H26N2O. The Balaban J connectivity index is 2.25. The van der Waals surface area contributed by atoms with Gasteiger partial charge in [0.25, 0.3) is 0 Å². The van der Waals surface area contributed by atoms with E-state index in [1.54, 1.807) is 0 Å². The molecule has 0 heterocycles. The van der Waals surface area contributed by atoms with Gasteiger partial charge in [0.1, 0.15) is 0 Å². The van der Waals surface area contributed by atoms with Crippen molar-refractivity contribution in [3.63, 3.8) is 0 Å². The average molecular weight is 226 g/mol. The Morgan fingerprint density at radius 1 is 1.38 bits per heavy atom. The van der Waals surface area contributed by atoms with Gasteiger partial charge >= 0.3 is 0 Å². The van der Waals surface area contributed by atoms with Gasteiger partial charge in [0, 0.05) is 11.6 Å². The summed E-state index contributed by atoms with van der Waals surface area (Å²) in [5.74, 6) is 0.831. The van der Waals surface area contributed by atoms with E-state index in [2.05, 4.69) is 38.3 Å². The van der Waals surface area contributed by atoms with Crippen LogP contribution in [0.5, 0.6) is 0 Å². The normalized spacial score (nSPS) is 25.8. The fourth-order valence-electron chi connectivity index (χ4n) is 2.18. The van der Waals surface area contributed by atoms with Gasteiger partial charge in [-0.15, -0.1) is 0 Å². The molecule has 1 rings (SSSR count). The minimum absolute atomic E-state index is 0.0833. The first kappa shape index (κ1) is 13.5. The van der Waals surface area contributed by atoms with Crippen LogP contribution in [0.3, 0.4) is 0 Å². The molecule has 0 aromatic rings. The molecule has 2 unspecified atom stereocenters. The van der Waals surface area contributed by atoms with Gasteiger partial charge in [-0.3, -0.25) is 4.79 Å². The quantitative estimate of drug-likeness (QED) is 0.753. The first-order valence-electron chi connectivity index (χ1n) is 6.49. The molecule has 16 heavy (non-hydrogen) atoms. The number of carbonyl (C=O) groups is 1. The van der Waals surface area contributed by atoms with Crippen molar-refractivity contribution in [3.8, 4) is 0 Å². The second-order valence-electron chi connectivity index (χ2n) is 5.68. The summed E-state index contributed by atoms with van der Waals surface area (Å²) in [4.78, 5) is 11.7. The van der Waals surface area contributed by atoms with Gasteiger partial charge < -0.3 is 10.6 Å². The number of rotatable bonds is 5. The van der Waals surface area contributed by atoms with E-state index in [9.17, 15) is 4.79 Å². The number of nitrogens with one attached hydrogen (secondary N) is 2. The monoisotopic (exact) mass is 226 g/mol. The summed E-state index contributed by atoms with van der Waals surface area (Å²) >= 11 is 0. The summed E-state index contributed by atoms with van der Waals surface area (Å²) in [6.45, 7) is 8.93. The van der Waals surface area contributed by atoms with Crippen molar-refractivity contribution >= 4 is 5.91 Å². The lowest BCUT2D eigenvalue weighted by atomic mass is 10.0. The number of hydrogen-bond donors (Lipinski definition) is 2. The van der Waals surface area contributed by atoms with E-state index < -0.39 is 0 Å². The van der Waals surface area contributed by atoms with Crippen LogP contribution >= 0.6 is 0 Å². The van der Waals surface area contributed by atoms with Gasteiger partial charge in [0.15, 0.2) is 0 Å². The standard InChI is InChI=1S/C13H26N2O/c1-5-13(3,4)15-12(16)9-14-11-8-6-7-10(11)2/h10-11,14H,5-9H2,1-4H3,(H,15,16). The van der Waals surface area contributed by atoms with Crippen molar-refractivity contribution in [2.45, 2.75) is 65.0 Å². The second-order valence-corrected chi connectivity index (χ2v) is 5.68. The van der Waals surface area contributed by atoms with Crippen LogP contribution in [-0.4, -0.2) is 24.0 Å². The zero-order valence-corrected chi connectivity index (χ0v) is 11.1. The third-order valence-corrected chi connectivity index (χ3v) is 3.75. The molecule has 1 aliphatic rings. The Kier molecular flexibility index (Phi) is 4.78. The van der Waals surface area contributed by atoms with Crippen molar-refractivity contribution in [3.05, 3.63) is 0 Å². The predicted molar refractivity (Wildman–Crippen MR) is 67.3 cm³/mol. The highest BCUT2D eigenvalue weighted by Gasteiger charge is 2.24. The highest BCUT2D eigenvalue weighted by atomic mass is 16.2. The van der Waals surface area contributed by atoms with Crippen LogP contribution in [0.2, 0.25) is 0 Å². The zero-order valence-electron chi connectivity index (χ0n) is 11.1. The smallest absolute Gasteiger partial charge is 0.234 e. The Hall–Kier alpha value is -0.570. The van der Waals surface area contributed by atoms with E-state index in [0.717, 1.165) is 6.42 Å². The maximum atomic E-state index is 11.7. The molecule has 94 valence electrons. The summed E-state index contributed by atoms with van der Waals surface area (Å²) in [6, 6.07) is 0.537. The van der Waals surface area contributed by atoms with Crippen LogP contribution in [0, 0.1) is 5.92 Å². The molecule has 0 radical (unpaired) electrons. The first-order valence-corrected chi connectivity index (χ1v) is 6.49. The van der Waals surface area contributed by atoms with Crippen LogP contribution in [0.4, 0.5) is 0 Å². The van der Waals surface area contributed by atoms with Crippen molar-refractivity contribution in [2.24, 2.45) is 5.92 Å². The maximum Gasteiger partial charge on any atom is 0.234 e. The summed E-state index contributed by atoms with van der Waals surface area (Å²) in [7, 11) is 0. The molecule has 0 saturated heterocycles. The lowest BCUT2D eigenvalue weighted by Crippen LogP contribution is -2.48.